The molecule has 0 bridgehead atoms. The standard InChI is InChI=1S/C14H13BrN4S2/c1-3-16-14-18-12-10(6-8(2)20-12)13(19-14)21-11-5-4-9(15)7-17-11/h4-7H,3H2,1-2H3,(H,16,18,19). The number of hydrogen-bond donors (Lipinski definition) is 1. The van der Waals surface area contributed by atoms with Crippen LogP contribution in [0.3, 0.4) is 0 Å². The van der Waals surface area contributed by atoms with E-state index in [0.29, 0.717) is 5.95 Å². The first kappa shape index (κ1) is 14.7. The molecule has 0 fully saturated rings. The second-order valence-electron chi connectivity index (χ2n) is 4.38. The molecule has 3 rings (SSSR count). The minimum atomic E-state index is 0.673. The minimum Gasteiger partial charge on any atom is -0.354 e. The Morgan fingerprint density at radius 1 is 1.33 bits per heavy atom. The molecule has 0 aliphatic heterocycles. The average Bonchev–Trinajstić information content (AvgIpc) is 2.82. The number of nitrogens with zero attached hydrogens (tertiary/aromatic N) is 3. The van der Waals surface area contributed by atoms with E-state index >= 15 is 0 Å². The molecule has 0 aliphatic carbocycles. The van der Waals surface area contributed by atoms with Crippen molar-refractivity contribution in [2.45, 2.75) is 23.9 Å². The highest BCUT2D eigenvalue weighted by atomic mass is 79.9. The summed E-state index contributed by atoms with van der Waals surface area (Å²) >= 11 is 6.65. The fraction of sp³-hybridized carbons (Fsp3) is 0.214. The quantitative estimate of drug-likeness (QED) is 0.662. The minimum absolute atomic E-state index is 0.673. The summed E-state index contributed by atoms with van der Waals surface area (Å²) in [6.07, 6.45) is 1.80. The lowest BCUT2D eigenvalue weighted by molar-refractivity contribution is 1.05. The van der Waals surface area contributed by atoms with Crippen molar-refractivity contribution in [3.8, 4) is 0 Å². The molecule has 1 N–H and O–H groups in total. The van der Waals surface area contributed by atoms with E-state index in [1.165, 1.54) is 4.88 Å². The van der Waals surface area contributed by atoms with Gasteiger partial charge < -0.3 is 5.32 Å². The third kappa shape index (κ3) is 3.36. The monoisotopic (exact) mass is 380 g/mol. The normalized spacial score (nSPS) is 11.0. The van der Waals surface area contributed by atoms with Gasteiger partial charge in [0.05, 0.1) is 0 Å². The van der Waals surface area contributed by atoms with Crippen molar-refractivity contribution in [1.82, 2.24) is 15.0 Å². The Hall–Kier alpha value is -1.18. The van der Waals surface area contributed by atoms with Crippen LogP contribution in [0, 0.1) is 6.92 Å². The van der Waals surface area contributed by atoms with Crippen molar-refractivity contribution in [2.24, 2.45) is 0 Å². The first-order chi connectivity index (χ1) is 10.2. The van der Waals surface area contributed by atoms with Crippen molar-refractivity contribution >= 4 is 55.2 Å². The fourth-order valence-corrected chi connectivity index (χ4v) is 3.87. The van der Waals surface area contributed by atoms with E-state index in [1.54, 1.807) is 29.3 Å². The van der Waals surface area contributed by atoms with Crippen LogP contribution in [0.15, 0.2) is 38.9 Å². The summed E-state index contributed by atoms with van der Waals surface area (Å²) in [5, 5.41) is 6.14. The Morgan fingerprint density at radius 2 is 2.19 bits per heavy atom. The molecule has 0 aliphatic rings. The molecule has 21 heavy (non-hydrogen) atoms. The number of rotatable bonds is 4. The summed E-state index contributed by atoms with van der Waals surface area (Å²) in [5.74, 6) is 0.673. The third-order valence-electron chi connectivity index (χ3n) is 2.72. The molecular weight excluding hydrogens is 368 g/mol. The van der Waals surface area contributed by atoms with Crippen molar-refractivity contribution in [3.05, 3.63) is 33.7 Å². The van der Waals surface area contributed by atoms with Crippen LogP contribution in [0.2, 0.25) is 0 Å². The maximum Gasteiger partial charge on any atom is 0.225 e. The lowest BCUT2D eigenvalue weighted by Gasteiger charge is -2.06. The van der Waals surface area contributed by atoms with Crippen LogP contribution in [0.4, 0.5) is 5.95 Å². The molecule has 0 unspecified atom stereocenters. The summed E-state index contributed by atoms with van der Waals surface area (Å²) in [4.78, 5) is 15.8. The largest absolute Gasteiger partial charge is 0.354 e. The van der Waals surface area contributed by atoms with Crippen LogP contribution in [0.25, 0.3) is 10.2 Å². The highest BCUT2D eigenvalue weighted by Gasteiger charge is 2.12. The molecule has 3 aromatic rings. The Morgan fingerprint density at radius 3 is 2.90 bits per heavy atom. The number of hydrogen-bond acceptors (Lipinski definition) is 6. The number of aromatic nitrogens is 3. The molecule has 0 spiro atoms. The van der Waals surface area contributed by atoms with Crippen LogP contribution in [0.5, 0.6) is 0 Å². The van der Waals surface area contributed by atoms with Crippen molar-refractivity contribution in [2.75, 3.05) is 11.9 Å². The maximum absolute atomic E-state index is 4.62. The summed E-state index contributed by atoms with van der Waals surface area (Å²) in [6.45, 7) is 4.93. The lowest BCUT2D eigenvalue weighted by atomic mass is 10.4. The molecule has 3 aromatic heterocycles. The van der Waals surface area contributed by atoms with E-state index < -0.39 is 0 Å². The van der Waals surface area contributed by atoms with E-state index in [0.717, 1.165) is 31.3 Å². The van der Waals surface area contributed by atoms with E-state index in [1.807, 2.05) is 19.1 Å². The first-order valence-electron chi connectivity index (χ1n) is 6.47. The van der Waals surface area contributed by atoms with Gasteiger partial charge in [-0.15, -0.1) is 11.3 Å². The Labute approximate surface area is 139 Å². The van der Waals surface area contributed by atoms with Crippen molar-refractivity contribution < 1.29 is 0 Å². The topological polar surface area (TPSA) is 50.7 Å². The average molecular weight is 381 g/mol. The van der Waals surface area contributed by atoms with Crippen LogP contribution in [-0.4, -0.2) is 21.5 Å². The van der Waals surface area contributed by atoms with Gasteiger partial charge in [-0.2, -0.15) is 0 Å². The smallest absolute Gasteiger partial charge is 0.225 e. The second-order valence-corrected chi connectivity index (χ2v) is 7.53. The molecule has 4 nitrogen and oxygen atoms in total. The number of anilines is 1. The van der Waals surface area contributed by atoms with Crippen LogP contribution < -0.4 is 5.32 Å². The van der Waals surface area contributed by atoms with E-state index in [-0.39, 0.29) is 0 Å². The Balaban J connectivity index is 2.04. The molecule has 0 atom stereocenters. The fourth-order valence-electron chi connectivity index (χ4n) is 1.85. The van der Waals surface area contributed by atoms with E-state index in [4.69, 9.17) is 0 Å². The van der Waals surface area contributed by atoms with Crippen LogP contribution >= 0.6 is 39.0 Å². The molecule has 0 saturated carbocycles. The van der Waals surface area contributed by atoms with Crippen LogP contribution in [-0.2, 0) is 0 Å². The molecular formula is C14H13BrN4S2. The first-order valence-corrected chi connectivity index (χ1v) is 8.90. The third-order valence-corrected chi connectivity index (χ3v) is 5.09. The molecule has 108 valence electrons. The van der Waals surface area contributed by atoms with E-state index in [9.17, 15) is 0 Å². The SMILES string of the molecule is CCNc1nc(Sc2ccc(Br)cn2)c2cc(C)sc2n1. The molecule has 0 radical (unpaired) electrons. The Kier molecular flexibility index (Phi) is 4.42. The van der Waals surface area contributed by atoms with Gasteiger partial charge in [0, 0.05) is 27.5 Å². The molecule has 0 amide bonds. The van der Waals surface area contributed by atoms with Crippen molar-refractivity contribution in [1.29, 1.82) is 0 Å². The number of halogens is 1. The van der Waals surface area contributed by atoms with Gasteiger partial charge in [-0.05, 0) is 59.7 Å². The summed E-state index contributed by atoms with van der Waals surface area (Å²) in [7, 11) is 0. The predicted molar refractivity (Wildman–Crippen MR) is 92.4 cm³/mol. The highest BCUT2D eigenvalue weighted by molar-refractivity contribution is 9.10. The van der Waals surface area contributed by atoms with Crippen molar-refractivity contribution in [3.63, 3.8) is 0 Å². The van der Waals surface area contributed by atoms with Gasteiger partial charge in [0.25, 0.3) is 0 Å². The number of pyridine rings is 1. The van der Waals surface area contributed by atoms with Gasteiger partial charge in [0.1, 0.15) is 14.9 Å². The number of thiophene rings is 1. The Bertz CT molecular complexity index is 770. The van der Waals surface area contributed by atoms with Gasteiger partial charge in [-0.3, -0.25) is 0 Å². The van der Waals surface area contributed by atoms with E-state index in [2.05, 4.69) is 49.2 Å². The summed E-state index contributed by atoms with van der Waals surface area (Å²) in [6, 6.07) is 6.10. The van der Waals surface area contributed by atoms with Crippen LogP contribution in [0.1, 0.15) is 11.8 Å². The zero-order valence-corrected chi connectivity index (χ0v) is 14.8. The zero-order chi connectivity index (χ0) is 14.8. The lowest BCUT2D eigenvalue weighted by Crippen LogP contribution is -2.02. The summed E-state index contributed by atoms with van der Waals surface area (Å²) < 4.78 is 0.972. The molecule has 3 heterocycles. The number of nitrogens with one attached hydrogen (secondary N) is 1. The zero-order valence-electron chi connectivity index (χ0n) is 11.6. The molecule has 0 aromatic carbocycles. The van der Waals surface area contributed by atoms with Gasteiger partial charge in [0.2, 0.25) is 5.95 Å². The van der Waals surface area contributed by atoms with Gasteiger partial charge in [-0.25, -0.2) is 15.0 Å². The van der Waals surface area contributed by atoms with Gasteiger partial charge in [-0.1, -0.05) is 0 Å². The number of aryl methyl sites for hydroxylation is 1. The molecule has 7 heteroatoms. The van der Waals surface area contributed by atoms with Gasteiger partial charge >= 0.3 is 0 Å². The summed E-state index contributed by atoms with van der Waals surface area (Å²) in [5.41, 5.74) is 0. The number of fused-ring (bicyclic) bond motifs is 1. The molecule has 0 saturated heterocycles. The maximum atomic E-state index is 4.62. The second kappa shape index (κ2) is 6.29. The highest BCUT2D eigenvalue weighted by Crippen LogP contribution is 2.35. The van der Waals surface area contributed by atoms with Gasteiger partial charge in [0.15, 0.2) is 0 Å². The predicted octanol–water partition coefficient (Wildman–Crippen LogP) is 4.74.